The van der Waals surface area contributed by atoms with Gasteiger partial charge in [0.2, 0.25) is 5.13 Å². The molecule has 6 nitrogen and oxygen atoms in total. The summed E-state index contributed by atoms with van der Waals surface area (Å²) in [5.41, 5.74) is 4.15. The number of methoxy groups -OCH3 is 1. The van der Waals surface area contributed by atoms with Gasteiger partial charge >= 0.3 is 5.97 Å². The van der Waals surface area contributed by atoms with Crippen molar-refractivity contribution < 1.29 is 14.6 Å². The van der Waals surface area contributed by atoms with E-state index in [-0.39, 0.29) is 10.8 Å². The molecule has 0 saturated carbocycles. The monoisotopic (exact) mass is 339 g/mol. The number of esters is 1. The van der Waals surface area contributed by atoms with Crippen LogP contribution in [0.3, 0.4) is 0 Å². The predicted molar refractivity (Wildman–Crippen MR) is 87.2 cm³/mol. The predicted octanol–water partition coefficient (Wildman–Crippen LogP) is 3.30. The van der Waals surface area contributed by atoms with E-state index in [1.165, 1.54) is 30.7 Å². The summed E-state index contributed by atoms with van der Waals surface area (Å²) in [7, 11) is 1.33. The zero-order valence-corrected chi connectivity index (χ0v) is 13.5. The van der Waals surface area contributed by atoms with Crippen molar-refractivity contribution in [2.24, 2.45) is 5.10 Å². The second-order valence-electron chi connectivity index (χ2n) is 4.22. The molecule has 0 aliphatic carbocycles. The van der Waals surface area contributed by atoms with Crippen LogP contribution in [0.15, 0.2) is 23.3 Å². The van der Waals surface area contributed by atoms with E-state index in [0.717, 1.165) is 5.56 Å². The molecule has 2 N–H and O–H groups in total. The summed E-state index contributed by atoms with van der Waals surface area (Å²) in [4.78, 5) is 16.4. The van der Waals surface area contributed by atoms with E-state index >= 15 is 0 Å². The normalized spacial score (nSPS) is 10.9. The van der Waals surface area contributed by atoms with Crippen molar-refractivity contribution in [2.75, 3.05) is 12.5 Å². The Hall–Kier alpha value is -2.12. The van der Waals surface area contributed by atoms with Crippen molar-refractivity contribution in [3.05, 3.63) is 39.4 Å². The number of anilines is 1. The number of phenolic OH excluding ortho intramolecular Hbond substituents is 1. The van der Waals surface area contributed by atoms with Crippen LogP contribution in [0.25, 0.3) is 0 Å². The first-order valence-electron chi connectivity index (χ1n) is 6.40. The number of nitrogens with zero attached hydrogens (tertiary/aromatic N) is 2. The number of phenols is 1. The number of aromatic nitrogens is 1. The van der Waals surface area contributed by atoms with Gasteiger partial charge in [0.05, 0.1) is 24.0 Å². The fourth-order valence-electron chi connectivity index (χ4n) is 1.66. The number of aromatic hydroxyl groups is 1. The third-order valence-electron chi connectivity index (χ3n) is 2.75. The Morgan fingerprint density at radius 3 is 3.00 bits per heavy atom. The minimum Gasteiger partial charge on any atom is -0.506 e. The van der Waals surface area contributed by atoms with Gasteiger partial charge in [-0.3, -0.25) is 5.43 Å². The number of halogens is 1. The number of ether oxygens (including phenoxy) is 1. The third-order valence-corrected chi connectivity index (χ3v) is 4.03. The topological polar surface area (TPSA) is 83.8 Å². The molecule has 22 heavy (non-hydrogen) atoms. The second-order valence-corrected chi connectivity index (χ2v) is 5.63. The van der Waals surface area contributed by atoms with Gasteiger partial charge in [0.25, 0.3) is 0 Å². The standard InChI is InChI=1S/C14H14ClN3O3S/c1-3-10-12(13(20)21-2)22-14(17-10)18-16-7-8-4-5-11(19)9(15)6-8/h4-7,19H,3H2,1-2H3,(H,17,18)/b16-7-. The zero-order chi connectivity index (χ0) is 16.1. The van der Waals surface area contributed by atoms with Gasteiger partial charge in [-0.05, 0) is 30.2 Å². The number of benzene rings is 1. The van der Waals surface area contributed by atoms with Crippen LogP contribution in [-0.2, 0) is 11.2 Å². The van der Waals surface area contributed by atoms with Crippen LogP contribution in [0.2, 0.25) is 5.02 Å². The van der Waals surface area contributed by atoms with Crippen LogP contribution < -0.4 is 5.43 Å². The molecule has 0 bridgehead atoms. The Morgan fingerprint density at radius 1 is 1.59 bits per heavy atom. The van der Waals surface area contributed by atoms with Crippen molar-refractivity contribution in [3.8, 4) is 5.75 Å². The van der Waals surface area contributed by atoms with Gasteiger partial charge in [0, 0.05) is 0 Å². The number of thiazole rings is 1. The first kappa shape index (κ1) is 16.3. The molecule has 1 heterocycles. The maximum Gasteiger partial charge on any atom is 0.350 e. The van der Waals surface area contributed by atoms with E-state index in [0.29, 0.717) is 22.1 Å². The van der Waals surface area contributed by atoms with Crippen molar-refractivity contribution in [1.82, 2.24) is 4.98 Å². The molecular weight excluding hydrogens is 326 g/mol. The molecule has 116 valence electrons. The van der Waals surface area contributed by atoms with Gasteiger partial charge in [-0.25, -0.2) is 9.78 Å². The van der Waals surface area contributed by atoms with E-state index in [4.69, 9.17) is 16.3 Å². The second kappa shape index (κ2) is 7.24. The molecule has 0 radical (unpaired) electrons. The lowest BCUT2D eigenvalue weighted by Gasteiger charge is -1.97. The molecule has 0 saturated heterocycles. The van der Waals surface area contributed by atoms with Crippen LogP contribution in [0, 0.1) is 0 Å². The molecular formula is C14H14ClN3O3S. The number of carbonyl (C=O) groups is 1. The van der Waals surface area contributed by atoms with E-state index in [9.17, 15) is 9.90 Å². The van der Waals surface area contributed by atoms with Gasteiger partial charge in [-0.15, -0.1) is 0 Å². The largest absolute Gasteiger partial charge is 0.506 e. The van der Waals surface area contributed by atoms with E-state index in [1.807, 2.05) is 6.92 Å². The summed E-state index contributed by atoms with van der Waals surface area (Å²) in [6.07, 6.45) is 2.16. The Balaban J connectivity index is 2.10. The lowest BCUT2D eigenvalue weighted by atomic mass is 10.2. The fourth-order valence-corrected chi connectivity index (χ4v) is 2.77. The molecule has 0 aliphatic rings. The lowest BCUT2D eigenvalue weighted by Crippen LogP contribution is -2.01. The van der Waals surface area contributed by atoms with E-state index < -0.39 is 5.97 Å². The summed E-state index contributed by atoms with van der Waals surface area (Å²) in [5.74, 6) is -0.390. The van der Waals surface area contributed by atoms with Crippen molar-refractivity contribution >= 4 is 40.3 Å². The molecule has 0 aliphatic heterocycles. The highest BCUT2D eigenvalue weighted by molar-refractivity contribution is 7.17. The van der Waals surface area contributed by atoms with Crippen molar-refractivity contribution in [3.63, 3.8) is 0 Å². The zero-order valence-electron chi connectivity index (χ0n) is 12.0. The molecule has 8 heteroatoms. The molecule has 0 unspecified atom stereocenters. The molecule has 2 rings (SSSR count). The van der Waals surface area contributed by atoms with Crippen LogP contribution in [0.5, 0.6) is 5.75 Å². The Labute approximate surface area is 136 Å². The van der Waals surface area contributed by atoms with Crippen LogP contribution in [0.4, 0.5) is 5.13 Å². The molecule has 1 aromatic carbocycles. The van der Waals surface area contributed by atoms with Crippen molar-refractivity contribution in [1.29, 1.82) is 0 Å². The molecule has 1 aromatic heterocycles. The number of hydrazone groups is 1. The SMILES string of the molecule is CCc1nc(N/N=C\c2ccc(O)c(Cl)c2)sc1C(=O)OC. The Morgan fingerprint density at radius 2 is 2.36 bits per heavy atom. The highest BCUT2D eigenvalue weighted by Crippen LogP contribution is 2.25. The Bertz CT molecular complexity index is 715. The summed E-state index contributed by atoms with van der Waals surface area (Å²) in [6.45, 7) is 1.91. The summed E-state index contributed by atoms with van der Waals surface area (Å²) < 4.78 is 4.72. The molecule has 0 fully saturated rings. The van der Waals surface area contributed by atoms with Crippen LogP contribution >= 0.6 is 22.9 Å². The summed E-state index contributed by atoms with van der Waals surface area (Å²) >= 11 is 6.99. The fraction of sp³-hybridized carbons (Fsp3) is 0.214. The molecule has 0 amide bonds. The highest BCUT2D eigenvalue weighted by atomic mass is 35.5. The minimum atomic E-state index is -0.406. The van der Waals surface area contributed by atoms with Gasteiger partial charge in [-0.1, -0.05) is 29.9 Å². The van der Waals surface area contributed by atoms with Crippen molar-refractivity contribution in [2.45, 2.75) is 13.3 Å². The van der Waals surface area contributed by atoms with E-state index in [1.54, 1.807) is 12.1 Å². The van der Waals surface area contributed by atoms with Crippen LogP contribution in [-0.4, -0.2) is 29.4 Å². The Kier molecular flexibility index (Phi) is 5.35. The number of rotatable bonds is 5. The first-order chi connectivity index (χ1) is 10.5. The molecule has 2 aromatic rings. The number of aryl methyl sites for hydroxylation is 1. The van der Waals surface area contributed by atoms with Gasteiger partial charge in [0.1, 0.15) is 10.6 Å². The third kappa shape index (κ3) is 3.75. The average molecular weight is 340 g/mol. The first-order valence-corrected chi connectivity index (χ1v) is 7.60. The van der Waals surface area contributed by atoms with Crippen LogP contribution in [0.1, 0.15) is 27.9 Å². The quantitative estimate of drug-likeness (QED) is 0.496. The summed E-state index contributed by atoms with van der Waals surface area (Å²) in [5, 5.41) is 14.1. The maximum atomic E-state index is 11.6. The maximum absolute atomic E-state index is 11.6. The number of carbonyl (C=O) groups excluding carboxylic acids is 1. The van der Waals surface area contributed by atoms with Gasteiger partial charge in [-0.2, -0.15) is 5.10 Å². The average Bonchev–Trinajstić information content (AvgIpc) is 2.93. The van der Waals surface area contributed by atoms with E-state index in [2.05, 4.69) is 15.5 Å². The summed E-state index contributed by atoms with van der Waals surface area (Å²) in [6, 6.07) is 4.74. The molecule has 0 spiro atoms. The number of hydrogen-bond donors (Lipinski definition) is 2. The smallest absolute Gasteiger partial charge is 0.350 e. The minimum absolute atomic E-state index is 0.0157. The molecule has 0 atom stereocenters. The number of nitrogens with one attached hydrogen (secondary N) is 1. The highest BCUT2D eigenvalue weighted by Gasteiger charge is 2.17. The van der Waals surface area contributed by atoms with Gasteiger partial charge in [0.15, 0.2) is 0 Å². The number of hydrogen-bond acceptors (Lipinski definition) is 7. The lowest BCUT2D eigenvalue weighted by molar-refractivity contribution is 0.0605. The van der Waals surface area contributed by atoms with Gasteiger partial charge < -0.3 is 9.84 Å².